The number of hydrogen-bond donors (Lipinski definition) is 1. The van der Waals surface area contributed by atoms with Crippen molar-refractivity contribution in [3.63, 3.8) is 0 Å². The fraction of sp³-hybridized carbons (Fsp3) is 0.533. The van der Waals surface area contributed by atoms with Gasteiger partial charge in [0.15, 0.2) is 5.17 Å². The van der Waals surface area contributed by atoms with E-state index >= 15 is 0 Å². The monoisotopic (exact) mass is 280 g/mol. The van der Waals surface area contributed by atoms with Crippen molar-refractivity contribution in [2.45, 2.75) is 40.2 Å². The predicted molar refractivity (Wildman–Crippen MR) is 82.5 cm³/mol. The summed E-state index contributed by atoms with van der Waals surface area (Å²) in [7, 11) is 0. The van der Waals surface area contributed by atoms with Gasteiger partial charge in [0.2, 0.25) is 0 Å². The molecule has 1 heterocycles. The van der Waals surface area contributed by atoms with Crippen LogP contribution in [0.4, 0.5) is 10.1 Å². The summed E-state index contributed by atoms with van der Waals surface area (Å²) in [5, 5.41) is 4.27. The van der Waals surface area contributed by atoms with Crippen molar-refractivity contribution in [3.05, 3.63) is 29.6 Å². The van der Waals surface area contributed by atoms with E-state index in [0.717, 1.165) is 28.6 Å². The SMILES string of the molecule is Cc1cc(F)ccc1NC1=NC(C(C)(C)C)CCS1. The second-order valence-electron chi connectivity index (χ2n) is 6.04. The lowest BCUT2D eigenvalue weighted by Crippen LogP contribution is -2.30. The minimum Gasteiger partial charge on any atom is -0.335 e. The fourth-order valence-corrected chi connectivity index (χ4v) is 3.01. The first-order chi connectivity index (χ1) is 8.86. The molecule has 0 amide bonds. The molecule has 0 saturated carbocycles. The van der Waals surface area contributed by atoms with Crippen LogP contribution in [0, 0.1) is 18.2 Å². The molecule has 1 aromatic carbocycles. The van der Waals surface area contributed by atoms with Gasteiger partial charge >= 0.3 is 0 Å². The third kappa shape index (κ3) is 3.72. The van der Waals surface area contributed by atoms with Crippen molar-refractivity contribution in [2.75, 3.05) is 11.1 Å². The number of nitrogens with one attached hydrogen (secondary N) is 1. The number of amidine groups is 1. The van der Waals surface area contributed by atoms with Crippen LogP contribution in [0.15, 0.2) is 23.2 Å². The summed E-state index contributed by atoms with van der Waals surface area (Å²) in [5.74, 6) is 0.877. The maximum Gasteiger partial charge on any atom is 0.161 e. The first-order valence-corrected chi connectivity index (χ1v) is 7.58. The van der Waals surface area contributed by atoms with E-state index in [1.165, 1.54) is 12.1 Å². The Morgan fingerprint density at radius 1 is 1.37 bits per heavy atom. The summed E-state index contributed by atoms with van der Waals surface area (Å²) < 4.78 is 13.1. The molecule has 1 aromatic rings. The van der Waals surface area contributed by atoms with Crippen molar-refractivity contribution < 1.29 is 4.39 Å². The number of aliphatic imine (C=N–C) groups is 1. The smallest absolute Gasteiger partial charge is 0.161 e. The van der Waals surface area contributed by atoms with Crippen LogP contribution in [0.1, 0.15) is 32.8 Å². The summed E-state index contributed by atoms with van der Waals surface area (Å²) in [6, 6.07) is 5.13. The highest BCUT2D eigenvalue weighted by atomic mass is 32.2. The molecule has 0 bridgehead atoms. The summed E-state index contributed by atoms with van der Waals surface area (Å²) >= 11 is 1.74. The predicted octanol–water partition coefficient (Wildman–Crippen LogP) is 4.45. The molecule has 4 heteroatoms. The van der Waals surface area contributed by atoms with E-state index in [9.17, 15) is 4.39 Å². The fourth-order valence-electron chi connectivity index (χ4n) is 2.09. The third-order valence-electron chi connectivity index (χ3n) is 3.33. The maximum absolute atomic E-state index is 13.1. The Labute approximate surface area is 118 Å². The van der Waals surface area contributed by atoms with Gasteiger partial charge < -0.3 is 5.32 Å². The number of thioether (sulfide) groups is 1. The molecule has 0 aliphatic carbocycles. The molecule has 1 atom stereocenters. The molecular formula is C15H21FN2S. The number of benzene rings is 1. The first-order valence-electron chi connectivity index (χ1n) is 6.60. The van der Waals surface area contributed by atoms with Crippen LogP contribution in [-0.4, -0.2) is 17.0 Å². The van der Waals surface area contributed by atoms with Gasteiger partial charge in [0.05, 0.1) is 6.04 Å². The number of halogens is 1. The zero-order chi connectivity index (χ0) is 14.0. The number of aryl methyl sites for hydroxylation is 1. The van der Waals surface area contributed by atoms with Gasteiger partial charge in [-0.05, 0) is 42.5 Å². The van der Waals surface area contributed by atoms with E-state index < -0.39 is 0 Å². The Morgan fingerprint density at radius 3 is 2.74 bits per heavy atom. The van der Waals surface area contributed by atoms with Crippen molar-refractivity contribution in [1.82, 2.24) is 0 Å². The lowest BCUT2D eigenvalue weighted by molar-refractivity contribution is 0.316. The largest absolute Gasteiger partial charge is 0.335 e. The van der Waals surface area contributed by atoms with E-state index in [-0.39, 0.29) is 11.2 Å². The first kappa shape index (κ1) is 14.4. The molecule has 0 radical (unpaired) electrons. The highest BCUT2D eigenvalue weighted by molar-refractivity contribution is 8.14. The van der Waals surface area contributed by atoms with Crippen LogP contribution in [-0.2, 0) is 0 Å². The van der Waals surface area contributed by atoms with Gasteiger partial charge in [0, 0.05) is 11.4 Å². The van der Waals surface area contributed by atoms with Crippen LogP contribution < -0.4 is 5.32 Å². The Bertz CT molecular complexity index is 491. The standard InChI is InChI=1S/C15H21FN2S/c1-10-9-11(16)5-6-12(10)17-14-18-13(7-8-19-14)15(2,3)4/h5-6,9,13H,7-8H2,1-4H3,(H,17,18). The van der Waals surface area contributed by atoms with Crippen molar-refractivity contribution >= 4 is 22.6 Å². The molecule has 1 aliphatic heterocycles. The van der Waals surface area contributed by atoms with Gasteiger partial charge in [-0.2, -0.15) is 0 Å². The van der Waals surface area contributed by atoms with E-state index in [1.807, 2.05) is 6.92 Å². The summed E-state index contributed by atoms with van der Waals surface area (Å²) in [5.41, 5.74) is 2.02. The molecule has 2 nitrogen and oxygen atoms in total. The molecular weight excluding hydrogens is 259 g/mol. The zero-order valence-electron chi connectivity index (χ0n) is 12.0. The summed E-state index contributed by atoms with van der Waals surface area (Å²) in [4.78, 5) is 4.79. The zero-order valence-corrected chi connectivity index (χ0v) is 12.8. The van der Waals surface area contributed by atoms with Gasteiger partial charge in [-0.25, -0.2) is 4.39 Å². The van der Waals surface area contributed by atoms with E-state index in [1.54, 1.807) is 17.8 Å². The summed E-state index contributed by atoms with van der Waals surface area (Å²) in [6.07, 6.45) is 1.11. The summed E-state index contributed by atoms with van der Waals surface area (Å²) in [6.45, 7) is 8.56. The van der Waals surface area contributed by atoms with Crippen molar-refractivity contribution in [2.24, 2.45) is 10.4 Å². The number of hydrogen-bond acceptors (Lipinski definition) is 3. The lowest BCUT2D eigenvalue weighted by Gasteiger charge is -2.31. The number of nitrogens with zero attached hydrogens (tertiary/aromatic N) is 1. The Morgan fingerprint density at radius 2 is 2.11 bits per heavy atom. The Balaban J connectivity index is 2.16. The average Bonchev–Trinajstić information content (AvgIpc) is 2.32. The second-order valence-corrected chi connectivity index (χ2v) is 7.12. The van der Waals surface area contributed by atoms with Crippen molar-refractivity contribution in [3.8, 4) is 0 Å². The van der Waals surface area contributed by atoms with E-state index in [4.69, 9.17) is 4.99 Å². The molecule has 1 unspecified atom stereocenters. The highest BCUT2D eigenvalue weighted by Crippen LogP contribution is 2.31. The Hall–Kier alpha value is -1.03. The van der Waals surface area contributed by atoms with Crippen LogP contribution in [0.3, 0.4) is 0 Å². The molecule has 0 spiro atoms. The van der Waals surface area contributed by atoms with Gasteiger partial charge in [0.25, 0.3) is 0 Å². The lowest BCUT2D eigenvalue weighted by atomic mass is 9.85. The molecule has 1 aliphatic rings. The quantitative estimate of drug-likeness (QED) is 0.821. The highest BCUT2D eigenvalue weighted by Gasteiger charge is 2.27. The van der Waals surface area contributed by atoms with E-state index in [0.29, 0.717) is 6.04 Å². The number of rotatable bonds is 1. The Kier molecular flexibility index (Phi) is 4.19. The molecule has 1 N–H and O–H groups in total. The van der Waals surface area contributed by atoms with Gasteiger partial charge in [0.1, 0.15) is 5.82 Å². The molecule has 0 aromatic heterocycles. The van der Waals surface area contributed by atoms with Crippen LogP contribution >= 0.6 is 11.8 Å². The van der Waals surface area contributed by atoms with Crippen LogP contribution in [0.25, 0.3) is 0 Å². The maximum atomic E-state index is 13.1. The topological polar surface area (TPSA) is 24.4 Å². The normalized spacial score (nSPS) is 20.1. The minimum absolute atomic E-state index is 0.186. The second kappa shape index (κ2) is 5.53. The van der Waals surface area contributed by atoms with Crippen LogP contribution in [0.2, 0.25) is 0 Å². The molecule has 2 rings (SSSR count). The van der Waals surface area contributed by atoms with Crippen LogP contribution in [0.5, 0.6) is 0 Å². The van der Waals surface area contributed by atoms with E-state index in [2.05, 4.69) is 26.1 Å². The number of anilines is 1. The molecule has 0 saturated heterocycles. The minimum atomic E-state index is -0.200. The van der Waals surface area contributed by atoms with Gasteiger partial charge in [-0.15, -0.1) is 0 Å². The van der Waals surface area contributed by atoms with Crippen molar-refractivity contribution in [1.29, 1.82) is 0 Å². The molecule has 104 valence electrons. The van der Waals surface area contributed by atoms with Gasteiger partial charge in [-0.1, -0.05) is 32.5 Å². The average molecular weight is 280 g/mol. The third-order valence-corrected chi connectivity index (χ3v) is 4.25. The molecule has 19 heavy (non-hydrogen) atoms. The molecule has 0 fully saturated rings. The van der Waals surface area contributed by atoms with Gasteiger partial charge in [-0.3, -0.25) is 4.99 Å².